The number of methoxy groups -OCH3 is 1. The molecule has 0 amide bonds. The van der Waals surface area contributed by atoms with Crippen LogP contribution in [0.2, 0.25) is 0 Å². The van der Waals surface area contributed by atoms with Crippen LogP contribution in [-0.2, 0) is 4.74 Å². The molecule has 0 aromatic heterocycles. The van der Waals surface area contributed by atoms with Crippen LogP contribution in [-0.4, -0.2) is 24.4 Å². The van der Waals surface area contributed by atoms with Gasteiger partial charge in [0.1, 0.15) is 0 Å². The summed E-state index contributed by atoms with van der Waals surface area (Å²) in [5, 5.41) is 9.63. The van der Waals surface area contributed by atoms with E-state index < -0.39 is 0 Å². The third-order valence-electron chi connectivity index (χ3n) is 3.18. The predicted molar refractivity (Wildman–Crippen MR) is 58.2 cm³/mol. The highest BCUT2D eigenvalue weighted by Gasteiger charge is 2.27. The minimum atomic E-state index is -0.258. The van der Waals surface area contributed by atoms with Crippen LogP contribution in [0, 0.1) is 5.92 Å². The van der Waals surface area contributed by atoms with Crippen molar-refractivity contribution in [2.24, 2.45) is 5.92 Å². The molecule has 1 aliphatic carbocycles. The van der Waals surface area contributed by atoms with Crippen LogP contribution < -0.4 is 0 Å². The maximum Gasteiger partial charge on any atom is 0.0835 e. The molecule has 0 heterocycles. The Labute approximate surface area is 87.0 Å². The van der Waals surface area contributed by atoms with Crippen molar-refractivity contribution in [2.45, 2.75) is 51.7 Å². The Morgan fingerprint density at radius 3 is 2.79 bits per heavy atom. The van der Waals surface area contributed by atoms with Crippen molar-refractivity contribution in [3.8, 4) is 0 Å². The second kappa shape index (κ2) is 5.52. The fourth-order valence-corrected chi connectivity index (χ4v) is 2.07. The SMILES string of the molecule is CC/C(C)=C/[C@@H]1CC[C@@H](O)[C@H](OC)C1. The van der Waals surface area contributed by atoms with Crippen LogP contribution in [0.1, 0.15) is 39.5 Å². The van der Waals surface area contributed by atoms with Gasteiger partial charge < -0.3 is 9.84 Å². The van der Waals surface area contributed by atoms with Crippen molar-refractivity contribution >= 4 is 0 Å². The first-order chi connectivity index (χ1) is 6.67. The molecule has 0 saturated heterocycles. The van der Waals surface area contributed by atoms with Gasteiger partial charge in [-0.3, -0.25) is 0 Å². The summed E-state index contributed by atoms with van der Waals surface area (Å²) in [5.74, 6) is 0.600. The number of allylic oxidation sites excluding steroid dienone is 2. The monoisotopic (exact) mass is 198 g/mol. The van der Waals surface area contributed by atoms with Gasteiger partial charge in [0, 0.05) is 7.11 Å². The molecule has 0 radical (unpaired) electrons. The van der Waals surface area contributed by atoms with Crippen molar-refractivity contribution < 1.29 is 9.84 Å². The highest BCUT2D eigenvalue weighted by molar-refractivity contribution is 5.02. The van der Waals surface area contributed by atoms with Gasteiger partial charge in [0.2, 0.25) is 0 Å². The van der Waals surface area contributed by atoms with E-state index >= 15 is 0 Å². The predicted octanol–water partition coefficient (Wildman–Crippen LogP) is 2.52. The summed E-state index contributed by atoms with van der Waals surface area (Å²) in [6.45, 7) is 4.35. The lowest BCUT2D eigenvalue weighted by atomic mass is 9.84. The molecule has 0 aromatic carbocycles. The zero-order chi connectivity index (χ0) is 10.6. The molecular weight excluding hydrogens is 176 g/mol. The topological polar surface area (TPSA) is 29.5 Å². The van der Waals surface area contributed by atoms with Crippen LogP contribution in [0.15, 0.2) is 11.6 Å². The second-order valence-corrected chi connectivity index (χ2v) is 4.28. The molecule has 1 rings (SSSR count). The van der Waals surface area contributed by atoms with Crippen molar-refractivity contribution in [2.75, 3.05) is 7.11 Å². The van der Waals surface area contributed by atoms with Crippen LogP contribution in [0.25, 0.3) is 0 Å². The average Bonchev–Trinajstić information content (AvgIpc) is 2.20. The molecule has 82 valence electrons. The van der Waals surface area contributed by atoms with Crippen molar-refractivity contribution in [3.05, 3.63) is 11.6 Å². The number of hydrogen-bond acceptors (Lipinski definition) is 2. The van der Waals surface area contributed by atoms with E-state index in [1.165, 1.54) is 5.57 Å². The molecule has 0 spiro atoms. The molecule has 2 heteroatoms. The number of rotatable bonds is 3. The molecule has 1 saturated carbocycles. The van der Waals surface area contributed by atoms with Gasteiger partial charge in [0.05, 0.1) is 12.2 Å². The van der Waals surface area contributed by atoms with E-state index in [9.17, 15) is 5.11 Å². The van der Waals surface area contributed by atoms with Gasteiger partial charge in [-0.15, -0.1) is 0 Å². The molecule has 2 nitrogen and oxygen atoms in total. The van der Waals surface area contributed by atoms with E-state index in [-0.39, 0.29) is 12.2 Å². The zero-order valence-electron chi connectivity index (χ0n) is 9.49. The first kappa shape index (κ1) is 11.7. The number of aliphatic hydroxyl groups excluding tert-OH is 1. The van der Waals surface area contributed by atoms with Crippen LogP contribution in [0.4, 0.5) is 0 Å². The first-order valence-corrected chi connectivity index (χ1v) is 5.55. The minimum absolute atomic E-state index is 0.0367. The normalized spacial score (nSPS) is 34.6. The van der Waals surface area contributed by atoms with Crippen LogP contribution >= 0.6 is 0 Å². The van der Waals surface area contributed by atoms with E-state index in [0.717, 1.165) is 25.7 Å². The summed E-state index contributed by atoms with van der Waals surface area (Å²) in [6, 6.07) is 0. The van der Waals surface area contributed by atoms with Gasteiger partial charge in [-0.1, -0.05) is 18.6 Å². The standard InChI is InChI=1S/C12H22O2/c1-4-9(2)7-10-5-6-11(13)12(8-10)14-3/h7,10-13H,4-6,8H2,1-3H3/b9-7+/t10-,11+,12+/m0/s1. The molecule has 1 N–H and O–H groups in total. The van der Waals surface area contributed by atoms with E-state index in [1.54, 1.807) is 7.11 Å². The number of aliphatic hydroxyl groups is 1. The Balaban J connectivity index is 2.50. The van der Waals surface area contributed by atoms with Crippen LogP contribution in [0.3, 0.4) is 0 Å². The highest BCUT2D eigenvalue weighted by Crippen LogP contribution is 2.28. The summed E-state index contributed by atoms with van der Waals surface area (Å²) in [4.78, 5) is 0. The lowest BCUT2D eigenvalue weighted by molar-refractivity contribution is -0.0449. The number of ether oxygens (including phenoxy) is 1. The summed E-state index contributed by atoms with van der Waals surface area (Å²) >= 11 is 0. The molecule has 0 aliphatic heterocycles. The summed E-state index contributed by atoms with van der Waals surface area (Å²) in [7, 11) is 1.69. The molecule has 0 unspecified atom stereocenters. The Kier molecular flexibility index (Phi) is 4.63. The Bertz CT molecular complexity index is 198. The van der Waals surface area contributed by atoms with Gasteiger partial charge in [-0.25, -0.2) is 0 Å². The molecule has 0 bridgehead atoms. The van der Waals surface area contributed by atoms with Gasteiger partial charge in [0.15, 0.2) is 0 Å². The maximum absolute atomic E-state index is 9.63. The third-order valence-corrected chi connectivity index (χ3v) is 3.18. The highest BCUT2D eigenvalue weighted by atomic mass is 16.5. The largest absolute Gasteiger partial charge is 0.390 e. The second-order valence-electron chi connectivity index (χ2n) is 4.28. The van der Waals surface area contributed by atoms with E-state index in [2.05, 4.69) is 19.9 Å². The molecule has 1 aliphatic rings. The van der Waals surface area contributed by atoms with Gasteiger partial charge in [-0.05, 0) is 38.5 Å². The van der Waals surface area contributed by atoms with Crippen LogP contribution in [0.5, 0.6) is 0 Å². The van der Waals surface area contributed by atoms with E-state index in [4.69, 9.17) is 4.74 Å². The smallest absolute Gasteiger partial charge is 0.0835 e. The van der Waals surface area contributed by atoms with Crippen molar-refractivity contribution in [1.29, 1.82) is 0 Å². The first-order valence-electron chi connectivity index (χ1n) is 5.55. The minimum Gasteiger partial charge on any atom is -0.390 e. The van der Waals surface area contributed by atoms with Gasteiger partial charge in [-0.2, -0.15) is 0 Å². The fraction of sp³-hybridized carbons (Fsp3) is 0.833. The Hall–Kier alpha value is -0.340. The third kappa shape index (κ3) is 3.10. The number of hydrogen-bond donors (Lipinski definition) is 1. The average molecular weight is 198 g/mol. The zero-order valence-corrected chi connectivity index (χ0v) is 9.49. The lowest BCUT2D eigenvalue weighted by Crippen LogP contribution is -2.34. The van der Waals surface area contributed by atoms with Gasteiger partial charge in [0.25, 0.3) is 0 Å². The Morgan fingerprint density at radius 2 is 2.21 bits per heavy atom. The van der Waals surface area contributed by atoms with E-state index in [1.807, 2.05) is 0 Å². The maximum atomic E-state index is 9.63. The molecule has 0 aromatic rings. The Morgan fingerprint density at radius 1 is 1.50 bits per heavy atom. The summed E-state index contributed by atoms with van der Waals surface area (Å²) in [6.07, 6.45) is 6.18. The van der Waals surface area contributed by atoms with Gasteiger partial charge >= 0.3 is 0 Å². The summed E-state index contributed by atoms with van der Waals surface area (Å²) < 4.78 is 5.27. The van der Waals surface area contributed by atoms with E-state index in [0.29, 0.717) is 5.92 Å². The van der Waals surface area contributed by atoms with Crippen molar-refractivity contribution in [3.63, 3.8) is 0 Å². The fourth-order valence-electron chi connectivity index (χ4n) is 2.07. The molecule has 3 atom stereocenters. The lowest BCUT2D eigenvalue weighted by Gasteiger charge is -2.31. The molecule has 14 heavy (non-hydrogen) atoms. The molecular formula is C12H22O2. The van der Waals surface area contributed by atoms with Crippen molar-refractivity contribution in [1.82, 2.24) is 0 Å². The quantitative estimate of drug-likeness (QED) is 0.706. The summed E-state index contributed by atoms with van der Waals surface area (Å²) in [5.41, 5.74) is 1.45. The molecule has 1 fully saturated rings.